The monoisotopic (exact) mass is 388 g/mol. The Hall–Kier alpha value is -3.55. The van der Waals surface area contributed by atoms with Crippen molar-refractivity contribution in [2.24, 2.45) is 7.05 Å². The van der Waals surface area contributed by atoms with Gasteiger partial charge in [0.1, 0.15) is 6.42 Å². The Morgan fingerprint density at radius 3 is 2.76 bits per heavy atom. The van der Waals surface area contributed by atoms with Gasteiger partial charge in [0.2, 0.25) is 17.6 Å². The van der Waals surface area contributed by atoms with Crippen molar-refractivity contribution in [2.75, 3.05) is 10.2 Å². The van der Waals surface area contributed by atoms with Gasteiger partial charge < -0.3 is 5.32 Å². The van der Waals surface area contributed by atoms with E-state index in [1.165, 1.54) is 10.4 Å². The van der Waals surface area contributed by atoms with Gasteiger partial charge in [0.05, 0.1) is 18.4 Å². The number of carbonyl (C=O) groups excluding carboxylic acids is 2. The fourth-order valence-corrected chi connectivity index (χ4v) is 4.14. The van der Waals surface area contributed by atoms with E-state index in [1.54, 1.807) is 11.9 Å². The molecule has 0 saturated carbocycles. The molecule has 0 radical (unpaired) electrons. The van der Waals surface area contributed by atoms with Gasteiger partial charge in [-0.2, -0.15) is 4.80 Å². The van der Waals surface area contributed by atoms with E-state index < -0.39 is 0 Å². The van der Waals surface area contributed by atoms with Crippen molar-refractivity contribution in [3.05, 3.63) is 47.5 Å². The number of aryl methyl sites for hydroxylation is 2. The van der Waals surface area contributed by atoms with E-state index in [0.717, 1.165) is 42.5 Å². The Balaban J connectivity index is 1.65. The minimum Gasteiger partial charge on any atom is -0.324 e. The minimum absolute atomic E-state index is 0.197. The van der Waals surface area contributed by atoms with Crippen LogP contribution in [0.15, 0.2) is 36.4 Å². The molecule has 2 aromatic carbocycles. The maximum absolute atomic E-state index is 13.0. The summed E-state index contributed by atoms with van der Waals surface area (Å²) in [7, 11) is 1.70. The number of nitrogens with zero attached hydrogens (tertiary/aromatic N) is 5. The number of tetrazole rings is 1. The standard InChI is InChI=1S/C21H20N6O2/c1-26-24-21(23-25-26)14-6-4-7-15(11-14)27-17-10-9-13-5-2-3-8-16(13)20(17)22-18(28)12-19(27)29/h4,6-7,9-11H,2-3,5,8,12H2,1H3,(H,22,28). The zero-order valence-electron chi connectivity index (χ0n) is 16.1. The highest BCUT2D eigenvalue weighted by Crippen LogP contribution is 2.41. The zero-order valence-corrected chi connectivity index (χ0v) is 16.1. The second-order valence-electron chi connectivity index (χ2n) is 7.41. The van der Waals surface area contributed by atoms with E-state index in [0.29, 0.717) is 17.2 Å². The SMILES string of the molecule is Cn1nnc(-c2cccc(N3C(=O)CC(=O)Nc4c3ccc3c4CCCC3)c2)n1. The largest absolute Gasteiger partial charge is 0.324 e. The van der Waals surface area contributed by atoms with Crippen LogP contribution in [0.4, 0.5) is 17.1 Å². The molecule has 2 aliphatic rings. The van der Waals surface area contributed by atoms with E-state index in [2.05, 4.69) is 26.8 Å². The number of hydrogen-bond acceptors (Lipinski definition) is 5. The molecule has 0 spiro atoms. The van der Waals surface area contributed by atoms with Crippen molar-refractivity contribution in [2.45, 2.75) is 32.1 Å². The van der Waals surface area contributed by atoms with E-state index in [4.69, 9.17) is 0 Å². The quantitative estimate of drug-likeness (QED) is 0.682. The van der Waals surface area contributed by atoms with Crippen LogP contribution in [0.1, 0.15) is 30.4 Å². The van der Waals surface area contributed by atoms with Crippen LogP contribution < -0.4 is 10.2 Å². The average Bonchev–Trinajstić information content (AvgIpc) is 3.10. The van der Waals surface area contributed by atoms with Gasteiger partial charge in [-0.1, -0.05) is 18.2 Å². The van der Waals surface area contributed by atoms with Crippen LogP contribution in [-0.2, 0) is 29.5 Å². The number of anilines is 3. The Labute approximate surface area is 167 Å². The van der Waals surface area contributed by atoms with Crippen LogP contribution in [0, 0.1) is 0 Å². The first-order valence-electron chi connectivity index (χ1n) is 9.72. The van der Waals surface area contributed by atoms with Crippen LogP contribution in [0.2, 0.25) is 0 Å². The third-order valence-electron chi connectivity index (χ3n) is 5.45. The fraction of sp³-hybridized carbons (Fsp3) is 0.286. The number of benzene rings is 2. The highest BCUT2D eigenvalue weighted by Gasteiger charge is 2.30. The first-order valence-corrected chi connectivity index (χ1v) is 9.72. The molecule has 1 aromatic heterocycles. The number of hydrogen-bond donors (Lipinski definition) is 1. The highest BCUT2D eigenvalue weighted by molar-refractivity contribution is 6.17. The molecule has 0 saturated heterocycles. The molecule has 1 aliphatic heterocycles. The molecule has 1 N–H and O–H groups in total. The zero-order chi connectivity index (χ0) is 20.0. The second kappa shape index (κ2) is 6.80. The number of rotatable bonds is 2. The average molecular weight is 388 g/mol. The maximum Gasteiger partial charge on any atom is 0.241 e. The van der Waals surface area contributed by atoms with Crippen LogP contribution in [0.25, 0.3) is 11.4 Å². The topological polar surface area (TPSA) is 93.0 Å². The lowest BCUT2D eigenvalue weighted by atomic mass is 9.89. The smallest absolute Gasteiger partial charge is 0.241 e. The molecule has 8 nitrogen and oxygen atoms in total. The summed E-state index contributed by atoms with van der Waals surface area (Å²) in [4.78, 5) is 28.5. The highest BCUT2D eigenvalue weighted by atomic mass is 16.2. The summed E-state index contributed by atoms with van der Waals surface area (Å²) in [5.41, 5.74) is 5.31. The molecule has 8 heteroatoms. The number of aromatic nitrogens is 4. The molecule has 29 heavy (non-hydrogen) atoms. The molecule has 5 rings (SSSR count). The molecule has 0 unspecified atom stereocenters. The van der Waals surface area contributed by atoms with Crippen molar-refractivity contribution in [1.82, 2.24) is 20.2 Å². The van der Waals surface area contributed by atoms with Gasteiger partial charge in [-0.3, -0.25) is 14.5 Å². The van der Waals surface area contributed by atoms with Gasteiger partial charge in [-0.15, -0.1) is 10.2 Å². The molecule has 2 heterocycles. The van der Waals surface area contributed by atoms with Gasteiger partial charge in [0.15, 0.2) is 0 Å². The van der Waals surface area contributed by atoms with Gasteiger partial charge in [-0.25, -0.2) is 0 Å². The molecular weight excluding hydrogens is 368 g/mol. The predicted octanol–water partition coefficient (Wildman–Crippen LogP) is 2.76. The Kier molecular flexibility index (Phi) is 4.12. The van der Waals surface area contributed by atoms with E-state index in [-0.39, 0.29) is 18.2 Å². The maximum atomic E-state index is 13.0. The molecule has 0 atom stereocenters. The van der Waals surface area contributed by atoms with Gasteiger partial charge in [-0.05, 0) is 60.2 Å². The number of nitrogens with one attached hydrogen (secondary N) is 1. The lowest BCUT2D eigenvalue weighted by Gasteiger charge is -2.26. The van der Waals surface area contributed by atoms with Crippen molar-refractivity contribution >= 4 is 28.9 Å². The van der Waals surface area contributed by atoms with Crippen molar-refractivity contribution in [1.29, 1.82) is 0 Å². The van der Waals surface area contributed by atoms with E-state index >= 15 is 0 Å². The van der Waals surface area contributed by atoms with Crippen LogP contribution in [-0.4, -0.2) is 32.0 Å². The van der Waals surface area contributed by atoms with Gasteiger partial charge in [0, 0.05) is 11.3 Å². The molecule has 146 valence electrons. The van der Waals surface area contributed by atoms with Crippen LogP contribution in [0.5, 0.6) is 0 Å². The van der Waals surface area contributed by atoms with E-state index in [1.807, 2.05) is 30.3 Å². The number of fused-ring (bicyclic) bond motifs is 3. The first kappa shape index (κ1) is 17.5. The number of carbonyl (C=O) groups is 2. The van der Waals surface area contributed by atoms with Crippen LogP contribution in [0.3, 0.4) is 0 Å². The summed E-state index contributed by atoms with van der Waals surface area (Å²) in [6.07, 6.45) is 3.94. The lowest BCUT2D eigenvalue weighted by molar-refractivity contribution is -0.124. The van der Waals surface area contributed by atoms with Gasteiger partial charge in [0.25, 0.3) is 0 Å². The lowest BCUT2D eigenvalue weighted by Crippen LogP contribution is -2.26. The molecular formula is C21H20N6O2. The predicted molar refractivity (Wildman–Crippen MR) is 108 cm³/mol. The van der Waals surface area contributed by atoms with Crippen molar-refractivity contribution in [3.8, 4) is 11.4 Å². The summed E-state index contributed by atoms with van der Waals surface area (Å²) in [5.74, 6) is -0.0535. The Bertz CT molecular complexity index is 1140. The number of amides is 2. The third-order valence-corrected chi connectivity index (χ3v) is 5.45. The second-order valence-corrected chi connectivity index (χ2v) is 7.41. The summed E-state index contributed by atoms with van der Waals surface area (Å²) < 4.78 is 0. The Morgan fingerprint density at radius 1 is 1.07 bits per heavy atom. The molecule has 2 amide bonds. The van der Waals surface area contributed by atoms with Gasteiger partial charge >= 0.3 is 0 Å². The molecule has 0 fully saturated rings. The summed E-state index contributed by atoms with van der Waals surface area (Å²) in [6.45, 7) is 0. The summed E-state index contributed by atoms with van der Waals surface area (Å²) in [5, 5.41) is 15.2. The third kappa shape index (κ3) is 3.06. The van der Waals surface area contributed by atoms with Crippen molar-refractivity contribution < 1.29 is 9.59 Å². The normalized spacial score (nSPS) is 16.1. The molecule has 3 aromatic rings. The van der Waals surface area contributed by atoms with Crippen molar-refractivity contribution in [3.63, 3.8) is 0 Å². The summed E-state index contributed by atoms with van der Waals surface area (Å²) >= 11 is 0. The Morgan fingerprint density at radius 2 is 1.93 bits per heavy atom. The summed E-state index contributed by atoms with van der Waals surface area (Å²) in [6, 6.07) is 11.5. The first-order chi connectivity index (χ1) is 14.1. The van der Waals surface area contributed by atoms with Crippen LogP contribution >= 0.6 is 0 Å². The fourth-order valence-electron chi connectivity index (χ4n) is 4.14. The minimum atomic E-state index is -0.274. The van der Waals surface area contributed by atoms with E-state index in [9.17, 15) is 9.59 Å². The molecule has 0 bridgehead atoms. The molecule has 1 aliphatic carbocycles.